The molecule has 7 heteroatoms. The minimum absolute atomic E-state index is 0.321. The van der Waals surface area contributed by atoms with E-state index in [0.29, 0.717) is 11.1 Å². The van der Waals surface area contributed by atoms with E-state index in [2.05, 4.69) is 5.10 Å². The third-order valence-electron chi connectivity index (χ3n) is 3.27. The van der Waals surface area contributed by atoms with Crippen molar-refractivity contribution < 1.29 is 19.4 Å². The number of ether oxygens (including phenoxy) is 2. The number of nitrogens with zero attached hydrogens (tertiary/aromatic N) is 2. The van der Waals surface area contributed by atoms with Crippen molar-refractivity contribution in [1.29, 1.82) is 0 Å². The Morgan fingerprint density at radius 1 is 1.58 bits per heavy atom. The van der Waals surface area contributed by atoms with Crippen LogP contribution in [0.25, 0.3) is 10.2 Å². The van der Waals surface area contributed by atoms with Gasteiger partial charge in [0.05, 0.1) is 11.7 Å². The Balaban J connectivity index is 1.99. The van der Waals surface area contributed by atoms with Crippen molar-refractivity contribution in [1.82, 2.24) is 9.78 Å². The maximum atomic E-state index is 10.6. The summed E-state index contributed by atoms with van der Waals surface area (Å²) in [6.45, 7) is 3.42. The molecule has 102 valence electrons. The van der Waals surface area contributed by atoms with Crippen LogP contribution in [0, 0.1) is 6.92 Å². The average Bonchev–Trinajstić information content (AvgIpc) is 2.90. The Labute approximate surface area is 113 Å². The van der Waals surface area contributed by atoms with Crippen molar-refractivity contribution in [3.8, 4) is 5.06 Å². The van der Waals surface area contributed by atoms with Gasteiger partial charge in [-0.05, 0) is 19.8 Å². The van der Waals surface area contributed by atoms with E-state index in [-0.39, 0.29) is 0 Å². The molecule has 1 fully saturated rings. The number of aromatic nitrogens is 2. The highest BCUT2D eigenvalue weighted by molar-refractivity contribution is 7.20. The van der Waals surface area contributed by atoms with Crippen molar-refractivity contribution >= 4 is 27.7 Å². The number of aryl methyl sites for hydroxylation is 1. The summed E-state index contributed by atoms with van der Waals surface area (Å²) < 4.78 is 12.1. The van der Waals surface area contributed by atoms with Gasteiger partial charge >= 0.3 is 6.16 Å². The van der Waals surface area contributed by atoms with Crippen LogP contribution >= 0.6 is 11.3 Å². The molecule has 0 aliphatic carbocycles. The molecule has 1 aliphatic rings. The number of rotatable bonds is 2. The molecule has 0 saturated carbocycles. The number of hydrogen-bond acceptors (Lipinski definition) is 5. The summed E-state index contributed by atoms with van der Waals surface area (Å²) >= 11 is 1.32. The highest BCUT2D eigenvalue weighted by Gasteiger charge is 2.22. The predicted octanol–water partition coefficient (Wildman–Crippen LogP) is 2.81. The van der Waals surface area contributed by atoms with Gasteiger partial charge in [-0.25, -0.2) is 4.79 Å². The summed E-state index contributed by atoms with van der Waals surface area (Å²) in [5.74, 6) is 0. The minimum Gasteiger partial charge on any atom is -0.449 e. The topological polar surface area (TPSA) is 73.6 Å². The molecule has 0 unspecified atom stereocenters. The first-order chi connectivity index (χ1) is 9.15. The smallest absolute Gasteiger partial charge is 0.449 e. The lowest BCUT2D eigenvalue weighted by Crippen LogP contribution is -2.20. The maximum Gasteiger partial charge on any atom is 0.512 e. The van der Waals surface area contributed by atoms with Gasteiger partial charge in [-0.2, -0.15) is 5.10 Å². The molecular formula is C12H14N2O4S. The fraction of sp³-hybridized carbons (Fsp3) is 0.500. The Hall–Kier alpha value is -1.60. The van der Waals surface area contributed by atoms with Gasteiger partial charge in [-0.3, -0.25) is 4.68 Å². The lowest BCUT2D eigenvalue weighted by atomic mass is 10.1. The van der Waals surface area contributed by atoms with E-state index in [1.54, 1.807) is 6.07 Å². The normalized spacial score (nSPS) is 16.9. The number of hydrogen-bond donors (Lipinski definition) is 1. The van der Waals surface area contributed by atoms with Gasteiger partial charge in [0.15, 0.2) is 5.06 Å². The molecule has 2 aromatic rings. The number of carboxylic acid groups (broad SMARTS) is 1. The second-order valence-corrected chi connectivity index (χ2v) is 5.52. The SMILES string of the molecule is Cc1nn(C2CCOCC2)c2sc(OC(=O)O)cc12. The molecule has 1 aliphatic heterocycles. The van der Waals surface area contributed by atoms with E-state index in [1.165, 1.54) is 11.3 Å². The fourth-order valence-corrected chi connectivity index (χ4v) is 3.44. The molecule has 3 heterocycles. The average molecular weight is 282 g/mol. The Kier molecular flexibility index (Phi) is 3.16. The summed E-state index contributed by atoms with van der Waals surface area (Å²) in [6, 6.07) is 2.06. The first-order valence-corrected chi connectivity index (χ1v) is 6.94. The van der Waals surface area contributed by atoms with E-state index >= 15 is 0 Å². The van der Waals surface area contributed by atoms with Crippen molar-refractivity contribution in [2.75, 3.05) is 13.2 Å². The van der Waals surface area contributed by atoms with E-state index in [0.717, 1.165) is 42.0 Å². The van der Waals surface area contributed by atoms with Crippen LogP contribution in [-0.4, -0.2) is 34.3 Å². The predicted molar refractivity (Wildman–Crippen MR) is 70.1 cm³/mol. The van der Waals surface area contributed by atoms with E-state index in [4.69, 9.17) is 14.6 Å². The molecule has 2 aromatic heterocycles. The third kappa shape index (κ3) is 2.31. The summed E-state index contributed by atoms with van der Waals surface area (Å²) in [5, 5.41) is 14.6. The Morgan fingerprint density at radius 2 is 2.32 bits per heavy atom. The molecule has 0 radical (unpaired) electrons. The molecule has 0 atom stereocenters. The van der Waals surface area contributed by atoms with Crippen molar-refractivity contribution in [2.24, 2.45) is 0 Å². The van der Waals surface area contributed by atoms with Crippen LogP contribution in [0.2, 0.25) is 0 Å². The van der Waals surface area contributed by atoms with E-state index < -0.39 is 6.16 Å². The Bertz CT molecular complexity index is 613. The summed E-state index contributed by atoms with van der Waals surface area (Å²) in [4.78, 5) is 11.6. The molecule has 0 spiro atoms. The van der Waals surface area contributed by atoms with Crippen LogP contribution < -0.4 is 4.74 Å². The zero-order chi connectivity index (χ0) is 13.4. The van der Waals surface area contributed by atoms with E-state index in [1.807, 2.05) is 11.6 Å². The number of thiophene rings is 1. The minimum atomic E-state index is -1.29. The molecule has 0 aromatic carbocycles. The second-order valence-electron chi connectivity index (χ2n) is 4.53. The van der Waals surface area contributed by atoms with Gasteiger partial charge in [0, 0.05) is 24.7 Å². The van der Waals surface area contributed by atoms with E-state index in [9.17, 15) is 4.79 Å². The standard InChI is InChI=1S/C12H14N2O4S/c1-7-9-6-10(18-12(15)16)19-11(9)14(13-7)8-2-4-17-5-3-8/h6,8H,2-5H2,1H3,(H,15,16). The second kappa shape index (κ2) is 4.82. The lowest BCUT2D eigenvalue weighted by molar-refractivity contribution is 0.0675. The highest BCUT2D eigenvalue weighted by Crippen LogP contribution is 2.36. The quantitative estimate of drug-likeness (QED) is 0.857. The van der Waals surface area contributed by atoms with Crippen LogP contribution in [-0.2, 0) is 4.74 Å². The van der Waals surface area contributed by atoms with Crippen LogP contribution in [0.15, 0.2) is 6.07 Å². The third-order valence-corrected chi connectivity index (χ3v) is 4.27. The van der Waals surface area contributed by atoms with Crippen molar-refractivity contribution in [2.45, 2.75) is 25.8 Å². The number of fused-ring (bicyclic) bond motifs is 1. The van der Waals surface area contributed by atoms with Gasteiger partial charge in [0.2, 0.25) is 0 Å². The lowest BCUT2D eigenvalue weighted by Gasteiger charge is -2.22. The van der Waals surface area contributed by atoms with Crippen molar-refractivity contribution in [3.05, 3.63) is 11.8 Å². The molecule has 19 heavy (non-hydrogen) atoms. The maximum absolute atomic E-state index is 10.6. The highest BCUT2D eigenvalue weighted by atomic mass is 32.1. The molecule has 0 amide bonds. The first-order valence-electron chi connectivity index (χ1n) is 6.12. The van der Waals surface area contributed by atoms with Gasteiger partial charge < -0.3 is 14.6 Å². The zero-order valence-corrected chi connectivity index (χ0v) is 11.3. The monoisotopic (exact) mass is 282 g/mol. The van der Waals surface area contributed by atoms with Gasteiger partial charge in [-0.1, -0.05) is 11.3 Å². The van der Waals surface area contributed by atoms with Crippen LogP contribution in [0.5, 0.6) is 5.06 Å². The molecular weight excluding hydrogens is 268 g/mol. The van der Waals surface area contributed by atoms with Gasteiger partial charge in [-0.15, -0.1) is 0 Å². The fourth-order valence-electron chi connectivity index (χ4n) is 2.36. The molecule has 1 saturated heterocycles. The zero-order valence-electron chi connectivity index (χ0n) is 10.5. The molecule has 0 bridgehead atoms. The van der Waals surface area contributed by atoms with Gasteiger partial charge in [0.1, 0.15) is 4.83 Å². The number of carbonyl (C=O) groups is 1. The summed E-state index contributed by atoms with van der Waals surface area (Å²) in [6.07, 6.45) is 0.582. The first kappa shape index (κ1) is 12.4. The van der Waals surface area contributed by atoms with Crippen LogP contribution in [0.3, 0.4) is 0 Å². The molecule has 1 N–H and O–H groups in total. The van der Waals surface area contributed by atoms with Crippen LogP contribution in [0.1, 0.15) is 24.6 Å². The van der Waals surface area contributed by atoms with Crippen LogP contribution in [0.4, 0.5) is 4.79 Å². The summed E-state index contributed by atoms with van der Waals surface area (Å²) in [7, 11) is 0. The summed E-state index contributed by atoms with van der Waals surface area (Å²) in [5.41, 5.74) is 0.901. The van der Waals surface area contributed by atoms with Crippen molar-refractivity contribution in [3.63, 3.8) is 0 Å². The largest absolute Gasteiger partial charge is 0.512 e. The van der Waals surface area contributed by atoms with Gasteiger partial charge in [0.25, 0.3) is 0 Å². The Morgan fingerprint density at radius 3 is 3.00 bits per heavy atom. The molecule has 3 rings (SSSR count). The molecule has 6 nitrogen and oxygen atoms in total.